The average molecular weight is 236 g/mol. The van der Waals surface area contributed by atoms with Crippen molar-refractivity contribution in [3.05, 3.63) is 29.6 Å². The molecule has 0 bridgehead atoms. The Morgan fingerprint density at radius 3 is 3.00 bits per heavy atom. The third-order valence-electron chi connectivity index (χ3n) is 2.91. The summed E-state index contributed by atoms with van der Waals surface area (Å²) in [6.45, 7) is 0. The van der Waals surface area contributed by atoms with E-state index in [0.29, 0.717) is 11.6 Å². The Labute approximate surface area is 99.1 Å². The van der Waals surface area contributed by atoms with E-state index in [9.17, 15) is 4.39 Å². The number of benzene rings is 1. The van der Waals surface area contributed by atoms with E-state index >= 15 is 0 Å². The van der Waals surface area contributed by atoms with Gasteiger partial charge in [0.05, 0.1) is 11.3 Å². The van der Waals surface area contributed by atoms with Gasteiger partial charge < -0.3 is 4.90 Å². The molecule has 1 aromatic carbocycles. The molecule has 0 aromatic heterocycles. The molecule has 4 heteroatoms. The predicted molar refractivity (Wildman–Crippen MR) is 65.2 cm³/mol. The fourth-order valence-corrected chi connectivity index (χ4v) is 3.20. The Kier molecular flexibility index (Phi) is 3.35. The summed E-state index contributed by atoms with van der Waals surface area (Å²) in [6.07, 6.45) is 1.13. The van der Waals surface area contributed by atoms with Gasteiger partial charge in [0, 0.05) is 18.8 Å². The largest absolute Gasteiger partial charge is 0.370 e. The van der Waals surface area contributed by atoms with Gasteiger partial charge in [0.1, 0.15) is 11.9 Å². The SMILES string of the molecule is CN(c1ccc(F)cc1C#N)C1CCSC1. The van der Waals surface area contributed by atoms with Gasteiger partial charge in [0.2, 0.25) is 0 Å². The van der Waals surface area contributed by atoms with Crippen molar-refractivity contribution in [3.8, 4) is 6.07 Å². The monoisotopic (exact) mass is 236 g/mol. The van der Waals surface area contributed by atoms with Crippen LogP contribution >= 0.6 is 11.8 Å². The van der Waals surface area contributed by atoms with Crippen LogP contribution in [0.1, 0.15) is 12.0 Å². The first-order chi connectivity index (χ1) is 7.72. The highest BCUT2D eigenvalue weighted by molar-refractivity contribution is 7.99. The molecule has 0 radical (unpaired) electrons. The van der Waals surface area contributed by atoms with Crippen LogP contribution in [0, 0.1) is 17.1 Å². The van der Waals surface area contributed by atoms with Gasteiger partial charge >= 0.3 is 0 Å². The molecule has 16 heavy (non-hydrogen) atoms. The fraction of sp³-hybridized carbons (Fsp3) is 0.417. The van der Waals surface area contributed by atoms with Crippen molar-refractivity contribution >= 4 is 17.4 Å². The zero-order valence-corrected chi connectivity index (χ0v) is 9.93. The molecule has 1 heterocycles. The zero-order chi connectivity index (χ0) is 11.5. The van der Waals surface area contributed by atoms with Crippen LogP contribution in [-0.2, 0) is 0 Å². The van der Waals surface area contributed by atoms with Crippen molar-refractivity contribution < 1.29 is 4.39 Å². The molecule has 84 valence electrons. The second kappa shape index (κ2) is 4.75. The number of nitrogens with zero attached hydrogens (tertiary/aromatic N) is 2. The lowest BCUT2D eigenvalue weighted by atomic mass is 10.1. The van der Waals surface area contributed by atoms with E-state index in [0.717, 1.165) is 23.6 Å². The first kappa shape index (κ1) is 11.3. The van der Waals surface area contributed by atoms with Crippen molar-refractivity contribution in [3.63, 3.8) is 0 Å². The molecule has 0 N–H and O–H groups in total. The number of anilines is 1. The molecule has 1 fully saturated rings. The second-order valence-corrected chi connectivity index (χ2v) is 5.05. The lowest BCUT2D eigenvalue weighted by molar-refractivity contribution is 0.626. The molecule has 1 aromatic rings. The predicted octanol–water partition coefficient (Wildman–Crippen LogP) is 2.64. The maximum Gasteiger partial charge on any atom is 0.124 e. The Morgan fingerprint density at radius 1 is 1.56 bits per heavy atom. The van der Waals surface area contributed by atoms with Gasteiger partial charge in [-0.2, -0.15) is 17.0 Å². The molecule has 2 nitrogen and oxygen atoms in total. The number of halogens is 1. The molecule has 0 saturated carbocycles. The van der Waals surface area contributed by atoms with Crippen LogP contribution in [0.25, 0.3) is 0 Å². The maximum absolute atomic E-state index is 13.0. The smallest absolute Gasteiger partial charge is 0.124 e. The topological polar surface area (TPSA) is 27.0 Å². The standard InChI is InChI=1S/C12H13FN2S/c1-15(11-4-5-16-8-11)12-3-2-10(13)6-9(12)7-14/h2-3,6,11H,4-5,8H2,1H3. The molecule has 1 aliphatic rings. The molecule has 1 atom stereocenters. The first-order valence-electron chi connectivity index (χ1n) is 5.22. The summed E-state index contributed by atoms with van der Waals surface area (Å²) in [4.78, 5) is 2.10. The van der Waals surface area contributed by atoms with Crippen molar-refractivity contribution in [1.29, 1.82) is 5.26 Å². The molecule has 0 amide bonds. The van der Waals surface area contributed by atoms with Gasteiger partial charge in [0.15, 0.2) is 0 Å². The molecule has 1 saturated heterocycles. The van der Waals surface area contributed by atoms with E-state index < -0.39 is 0 Å². The molecular formula is C12H13FN2S. The summed E-state index contributed by atoms with van der Waals surface area (Å²) in [5.74, 6) is 1.89. The Morgan fingerprint density at radius 2 is 2.38 bits per heavy atom. The van der Waals surface area contributed by atoms with E-state index in [2.05, 4.69) is 11.0 Å². The van der Waals surface area contributed by atoms with Crippen molar-refractivity contribution in [2.24, 2.45) is 0 Å². The van der Waals surface area contributed by atoms with Gasteiger partial charge in [-0.15, -0.1) is 0 Å². The lowest BCUT2D eigenvalue weighted by Crippen LogP contribution is -2.31. The van der Waals surface area contributed by atoms with E-state index in [1.165, 1.54) is 12.1 Å². The molecule has 0 spiro atoms. The maximum atomic E-state index is 13.0. The first-order valence-corrected chi connectivity index (χ1v) is 6.38. The third kappa shape index (κ3) is 2.14. The molecule has 2 rings (SSSR count). The number of thioether (sulfide) groups is 1. The quantitative estimate of drug-likeness (QED) is 0.790. The number of rotatable bonds is 2. The zero-order valence-electron chi connectivity index (χ0n) is 9.11. The van der Waals surface area contributed by atoms with Crippen LogP contribution < -0.4 is 4.90 Å². The van der Waals surface area contributed by atoms with Gasteiger partial charge in [-0.25, -0.2) is 4.39 Å². The Balaban J connectivity index is 2.28. The lowest BCUT2D eigenvalue weighted by Gasteiger charge is -2.26. The van der Waals surface area contributed by atoms with E-state index in [1.54, 1.807) is 6.07 Å². The number of hydrogen-bond donors (Lipinski definition) is 0. The van der Waals surface area contributed by atoms with Crippen LogP contribution in [0.2, 0.25) is 0 Å². The van der Waals surface area contributed by atoms with Gasteiger partial charge in [0.25, 0.3) is 0 Å². The minimum absolute atomic E-state index is 0.352. The van der Waals surface area contributed by atoms with E-state index in [-0.39, 0.29) is 5.82 Å². The van der Waals surface area contributed by atoms with Crippen molar-refractivity contribution in [2.75, 3.05) is 23.5 Å². The molecule has 1 aliphatic heterocycles. The van der Waals surface area contributed by atoms with Gasteiger partial charge in [-0.05, 0) is 30.4 Å². The van der Waals surface area contributed by atoms with Crippen LogP contribution in [0.4, 0.5) is 10.1 Å². The Hall–Kier alpha value is -1.21. The highest BCUT2D eigenvalue weighted by Gasteiger charge is 2.22. The average Bonchev–Trinajstić information content (AvgIpc) is 2.81. The van der Waals surface area contributed by atoms with Crippen molar-refractivity contribution in [1.82, 2.24) is 0 Å². The second-order valence-electron chi connectivity index (χ2n) is 3.90. The normalized spacial score (nSPS) is 19.4. The summed E-state index contributed by atoms with van der Waals surface area (Å²) in [6, 6.07) is 6.92. The molecule has 1 unspecified atom stereocenters. The molecular weight excluding hydrogens is 223 g/mol. The van der Waals surface area contributed by atoms with Crippen molar-refractivity contribution in [2.45, 2.75) is 12.5 Å². The highest BCUT2D eigenvalue weighted by Crippen LogP contribution is 2.28. The summed E-state index contributed by atoms with van der Waals surface area (Å²) < 4.78 is 13.0. The number of hydrogen-bond acceptors (Lipinski definition) is 3. The van der Waals surface area contributed by atoms with Gasteiger partial charge in [-0.1, -0.05) is 0 Å². The molecule has 0 aliphatic carbocycles. The van der Waals surface area contributed by atoms with Gasteiger partial charge in [-0.3, -0.25) is 0 Å². The van der Waals surface area contributed by atoms with Crippen LogP contribution in [0.5, 0.6) is 0 Å². The Bertz CT molecular complexity index is 422. The van der Waals surface area contributed by atoms with Crippen LogP contribution in [-0.4, -0.2) is 24.6 Å². The van der Waals surface area contributed by atoms with E-state index in [4.69, 9.17) is 5.26 Å². The van der Waals surface area contributed by atoms with Crippen LogP contribution in [0.3, 0.4) is 0 Å². The number of nitriles is 1. The van der Waals surface area contributed by atoms with E-state index in [1.807, 2.05) is 18.8 Å². The highest BCUT2D eigenvalue weighted by atomic mass is 32.2. The third-order valence-corrected chi connectivity index (χ3v) is 4.06. The fourth-order valence-electron chi connectivity index (χ4n) is 1.93. The summed E-state index contributed by atoms with van der Waals surface area (Å²) >= 11 is 1.92. The minimum atomic E-state index is -0.352. The summed E-state index contributed by atoms with van der Waals surface area (Å²) in [7, 11) is 1.98. The minimum Gasteiger partial charge on any atom is -0.370 e. The summed E-state index contributed by atoms with van der Waals surface area (Å²) in [5, 5.41) is 8.99. The van der Waals surface area contributed by atoms with Crippen LogP contribution in [0.15, 0.2) is 18.2 Å². The summed E-state index contributed by atoms with van der Waals surface area (Å²) in [5.41, 5.74) is 1.25.